The van der Waals surface area contributed by atoms with Crippen LogP contribution in [0.15, 0.2) is 36.4 Å². The zero-order valence-corrected chi connectivity index (χ0v) is 15.9. The van der Waals surface area contributed by atoms with Gasteiger partial charge in [-0.2, -0.15) is 0 Å². The highest BCUT2D eigenvalue weighted by Crippen LogP contribution is 2.30. The molecule has 2 amide bonds. The van der Waals surface area contributed by atoms with Crippen LogP contribution < -0.4 is 14.8 Å². The second-order valence-electron chi connectivity index (χ2n) is 5.83. The number of benzene rings is 2. The Labute approximate surface area is 162 Å². The lowest BCUT2D eigenvalue weighted by Gasteiger charge is -2.18. The SMILES string of the molecule is CCOc1ccc(NC(=O)CN(C)C(=O)c2c(F)cccc2F)cc1OCC. The molecule has 0 radical (unpaired) electrons. The van der Waals surface area contributed by atoms with Crippen LogP contribution in [0.2, 0.25) is 0 Å². The van der Waals surface area contributed by atoms with Gasteiger partial charge in [-0.1, -0.05) is 6.07 Å². The third-order valence-electron chi connectivity index (χ3n) is 3.73. The smallest absolute Gasteiger partial charge is 0.260 e. The number of amides is 2. The Kier molecular flexibility index (Phi) is 7.31. The van der Waals surface area contributed by atoms with Crippen LogP contribution in [-0.4, -0.2) is 43.5 Å². The second-order valence-corrected chi connectivity index (χ2v) is 5.83. The first kappa shape index (κ1) is 21.1. The average molecular weight is 392 g/mol. The van der Waals surface area contributed by atoms with Crippen LogP contribution in [-0.2, 0) is 4.79 Å². The molecule has 8 heteroatoms. The minimum Gasteiger partial charge on any atom is -0.490 e. The molecule has 0 saturated heterocycles. The minimum absolute atomic E-state index is 0.385. The first-order chi connectivity index (χ1) is 13.4. The molecule has 28 heavy (non-hydrogen) atoms. The van der Waals surface area contributed by atoms with Crippen molar-refractivity contribution in [3.8, 4) is 11.5 Å². The predicted molar refractivity (Wildman–Crippen MR) is 101 cm³/mol. The summed E-state index contributed by atoms with van der Waals surface area (Å²) in [5, 5.41) is 2.62. The van der Waals surface area contributed by atoms with Crippen LogP contribution in [0.4, 0.5) is 14.5 Å². The molecule has 150 valence electrons. The molecular formula is C20H22F2N2O4. The molecule has 0 aromatic heterocycles. The molecule has 0 heterocycles. The van der Waals surface area contributed by atoms with Crippen molar-refractivity contribution in [2.75, 3.05) is 32.1 Å². The van der Waals surface area contributed by atoms with Gasteiger partial charge >= 0.3 is 0 Å². The van der Waals surface area contributed by atoms with Crippen molar-refractivity contribution in [2.45, 2.75) is 13.8 Å². The molecule has 0 atom stereocenters. The van der Waals surface area contributed by atoms with Gasteiger partial charge in [-0.25, -0.2) is 8.78 Å². The third-order valence-corrected chi connectivity index (χ3v) is 3.73. The summed E-state index contributed by atoms with van der Waals surface area (Å²) in [6.07, 6.45) is 0. The number of anilines is 1. The third kappa shape index (κ3) is 5.18. The molecular weight excluding hydrogens is 370 g/mol. The first-order valence-corrected chi connectivity index (χ1v) is 8.76. The summed E-state index contributed by atoms with van der Waals surface area (Å²) in [4.78, 5) is 25.4. The topological polar surface area (TPSA) is 67.9 Å². The van der Waals surface area contributed by atoms with E-state index < -0.39 is 29.0 Å². The monoisotopic (exact) mass is 392 g/mol. The first-order valence-electron chi connectivity index (χ1n) is 8.76. The lowest BCUT2D eigenvalue weighted by Crippen LogP contribution is -2.35. The van der Waals surface area contributed by atoms with Crippen molar-refractivity contribution in [1.29, 1.82) is 0 Å². The molecule has 0 aliphatic heterocycles. The average Bonchev–Trinajstić information content (AvgIpc) is 2.63. The normalized spacial score (nSPS) is 10.3. The van der Waals surface area contributed by atoms with Gasteiger partial charge in [-0.15, -0.1) is 0 Å². The maximum atomic E-state index is 13.7. The molecule has 6 nitrogen and oxygen atoms in total. The molecule has 2 rings (SSSR count). The number of hydrogen-bond donors (Lipinski definition) is 1. The molecule has 0 aliphatic carbocycles. The number of nitrogens with zero attached hydrogens (tertiary/aromatic N) is 1. The number of rotatable bonds is 8. The van der Waals surface area contributed by atoms with E-state index in [4.69, 9.17) is 9.47 Å². The quantitative estimate of drug-likeness (QED) is 0.747. The highest BCUT2D eigenvalue weighted by atomic mass is 19.1. The highest BCUT2D eigenvalue weighted by Gasteiger charge is 2.22. The van der Waals surface area contributed by atoms with Gasteiger partial charge in [0, 0.05) is 18.8 Å². The fourth-order valence-corrected chi connectivity index (χ4v) is 2.51. The standard InChI is InChI=1S/C20H22F2N2O4/c1-4-27-16-10-9-13(11-17(16)28-5-2)23-18(25)12-24(3)20(26)19-14(21)7-6-8-15(19)22/h6-11H,4-5,12H2,1-3H3,(H,23,25). The fraction of sp³-hybridized carbons (Fsp3) is 0.300. The number of likely N-dealkylation sites (N-methyl/N-ethyl adjacent to an activating group) is 1. The molecule has 2 aromatic carbocycles. The van der Waals surface area contributed by atoms with Crippen LogP contribution in [0.3, 0.4) is 0 Å². The Hall–Kier alpha value is -3.16. The summed E-state index contributed by atoms with van der Waals surface area (Å²) in [6, 6.07) is 8.02. The highest BCUT2D eigenvalue weighted by molar-refractivity contribution is 5.99. The Morgan fingerprint density at radius 3 is 2.21 bits per heavy atom. The summed E-state index contributed by atoms with van der Waals surface area (Å²) in [5.74, 6) is -2.40. The van der Waals surface area contributed by atoms with Crippen molar-refractivity contribution in [2.24, 2.45) is 0 Å². The van der Waals surface area contributed by atoms with E-state index >= 15 is 0 Å². The van der Waals surface area contributed by atoms with E-state index in [0.29, 0.717) is 30.4 Å². The molecule has 0 fully saturated rings. The summed E-state index contributed by atoms with van der Waals surface area (Å²) >= 11 is 0. The van der Waals surface area contributed by atoms with Crippen LogP contribution in [0.5, 0.6) is 11.5 Å². The fourth-order valence-electron chi connectivity index (χ4n) is 2.51. The Balaban J connectivity index is 2.07. The van der Waals surface area contributed by atoms with E-state index in [0.717, 1.165) is 23.1 Å². The van der Waals surface area contributed by atoms with Gasteiger partial charge in [0.05, 0.1) is 19.8 Å². The van der Waals surface area contributed by atoms with Crippen LogP contribution >= 0.6 is 0 Å². The Morgan fingerprint density at radius 1 is 1.00 bits per heavy atom. The van der Waals surface area contributed by atoms with Crippen molar-refractivity contribution < 1.29 is 27.8 Å². The molecule has 0 saturated carbocycles. The molecule has 0 spiro atoms. The predicted octanol–water partition coefficient (Wildman–Crippen LogP) is 3.47. The van der Waals surface area contributed by atoms with Crippen molar-refractivity contribution in [1.82, 2.24) is 4.90 Å². The molecule has 2 aromatic rings. The van der Waals surface area contributed by atoms with Crippen molar-refractivity contribution in [3.05, 3.63) is 53.6 Å². The van der Waals surface area contributed by atoms with E-state index in [1.165, 1.54) is 7.05 Å². The lowest BCUT2D eigenvalue weighted by atomic mass is 10.1. The van der Waals surface area contributed by atoms with Crippen molar-refractivity contribution in [3.63, 3.8) is 0 Å². The molecule has 0 aliphatic rings. The number of ether oxygens (including phenoxy) is 2. The Morgan fingerprint density at radius 2 is 1.61 bits per heavy atom. The second kappa shape index (κ2) is 9.68. The number of hydrogen-bond acceptors (Lipinski definition) is 4. The van der Waals surface area contributed by atoms with Gasteiger partial charge in [0.1, 0.15) is 17.2 Å². The van der Waals surface area contributed by atoms with Gasteiger partial charge in [-0.05, 0) is 38.1 Å². The van der Waals surface area contributed by atoms with Crippen LogP contribution in [0.1, 0.15) is 24.2 Å². The Bertz CT molecular complexity index is 838. The lowest BCUT2D eigenvalue weighted by molar-refractivity contribution is -0.116. The van der Waals surface area contributed by atoms with Gasteiger partial charge in [0.15, 0.2) is 11.5 Å². The summed E-state index contributed by atoms with van der Waals surface area (Å²) in [7, 11) is 1.29. The van der Waals surface area contributed by atoms with E-state index in [1.54, 1.807) is 18.2 Å². The molecule has 1 N–H and O–H groups in total. The molecule has 0 unspecified atom stereocenters. The zero-order valence-electron chi connectivity index (χ0n) is 15.9. The number of carbonyl (C=O) groups is 2. The number of halogens is 2. The summed E-state index contributed by atoms with van der Waals surface area (Å²) < 4.78 is 38.4. The maximum absolute atomic E-state index is 13.7. The minimum atomic E-state index is -0.981. The van der Waals surface area contributed by atoms with E-state index in [2.05, 4.69) is 5.32 Å². The van der Waals surface area contributed by atoms with Crippen LogP contribution in [0.25, 0.3) is 0 Å². The van der Waals surface area contributed by atoms with Gasteiger partial charge in [-0.3, -0.25) is 9.59 Å². The van der Waals surface area contributed by atoms with Crippen LogP contribution in [0, 0.1) is 11.6 Å². The van der Waals surface area contributed by atoms with E-state index in [1.807, 2.05) is 13.8 Å². The van der Waals surface area contributed by atoms with Gasteiger partial charge in [0.25, 0.3) is 5.91 Å². The van der Waals surface area contributed by atoms with Gasteiger partial charge in [0.2, 0.25) is 5.91 Å². The summed E-state index contributed by atoms with van der Waals surface area (Å²) in [5.41, 5.74) is -0.257. The zero-order chi connectivity index (χ0) is 20.7. The molecule has 0 bridgehead atoms. The maximum Gasteiger partial charge on any atom is 0.260 e. The van der Waals surface area contributed by atoms with Crippen molar-refractivity contribution >= 4 is 17.5 Å². The number of nitrogens with one attached hydrogen (secondary N) is 1. The van der Waals surface area contributed by atoms with Gasteiger partial charge < -0.3 is 19.7 Å². The summed E-state index contributed by atoms with van der Waals surface area (Å²) in [6.45, 7) is 4.16. The largest absolute Gasteiger partial charge is 0.490 e. The van der Waals surface area contributed by atoms with E-state index in [9.17, 15) is 18.4 Å². The van der Waals surface area contributed by atoms with E-state index in [-0.39, 0.29) is 6.54 Å². The number of carbonyl (C=O) groups excluding carboxylic acids is 2.